The van der Waals surface area contributed by atoms with E-state index in [1.807, 2.05) is 0 Å². The second-order valence-electron chi connectivity index (χ2n) is 6.25. The smallest absolute Gasteiger partial charge is 0.127 e. The van der Waals surface area contributed by atoms with Crippen molar-refractivity contribution < 1.29 is 4.74 Å². The van der Waals surface area contributed by atoms with Gasteiger partial charge in [0.2, 0.25) is 0 Å². The first-order chi connectivity index (χ1) is 10.8. The van der Waals surface area contributed by atoms with Crippen LogP contribution in [0, 0.1) is 0 Å². The average Bonchev–Trinajstić information content (AvgIpc) is 2.53. The maximum atomic E-state index is 5.97. The van der Waals surface area contributed by atoms with E-state index in [0.717, 1.165) is 18.8 Å². The first kappa shape index (κ1) is 16.8. The van der Waals surface area contributed by atoms with Crippen molar-refractivity contribution in [1.29, 1.82) is 0 Å². The van der Waals surface area contributed by atoms with E-state index >= 15 is 0 Å². The van der Waals surface area contributed by atoms with Gasteiger partial charge in [-0.05, 0) is 44.9 Å². The van der Waals surface area contributed by atoms with Crippen LogP contribution in [0.5, 0.6) is 5.75 Å². The van der Waals surface area contributed by atoms with Crippen molar-refractivity contribution in [3.8, 4) is 5.75 Å². The summed E-state index contributed by atoms with van der Waals surface area (Å²) in [5, 5.41) is 2.47. The number of unbranched alkanes of at least 4 members (excludes halogenated alkanes) is 5. The molecule has 0 radical (unpaired) electrons. The zero-order valence-electron chi connectivity index (χ0n) is 14.1. The van der Waals surface area contributed by atoms with Crippen LogP contribution in [0.4, 0.5) is 0 Å². The lowest BCUT2D eigenvalue weighted by atomic mass is 10.1. The van der Waals surface area contributed by atoms with Crippen molar-refractivity contribution in [2.45, 2.75) is 38.5 Å². The van der Waals surface area contributed by atoms with Crippen LogP contribution >= 0.6 is 0 Å². The summed E-state index contributed by atoms with van der Waals surface area (Å²) in [6, 6.07) is 14.7. The van der Waals surface area contributed by atoms with Crippen LogP contribution in [0.15, 0.2) is 42.5 Å². The van der Waals surface area contributed by atoms with Crippen LogP contribution in [-0.2, 0) is 0 Å². The van der Waals surface area contributed by atoms with Gasteiger partial charge in [-0.1, -0.05) is 62.1 Å². The number of hydrogen-bond donors (Lipinski definition) is 0. The van der Waals surface area contributed by atoms with Crippen LogP contribution in [0.3, 0.4) is 0 Å². The molecule has 0 atom stereocenters. The van der Waals surface area contributed by atoms with Crippen molar-refractivity contribution in [3.63, 3.8) is 0 Å². The third-order valence-electron chi connectivity index (χ3n) is 4.01. The van der Waals surface area contributed by atoms with Crippen LogP contribution in [-0.4, -0.2) is 32.1 Å². The van der Waals surface area contributed by atoms with E-state index in [2.05, 4.69) is 61.5 Å². The number of nitrogens with zero attached hydrogens (tertiary/aromatic N) is 1. The summed E-state index contributed by atoms with van der Waals surface area (Å²) in [6.07, 6.45) is 7.76. The van der Waals surface area contributed by atoms with Crippen LogP contribution in [0.25, 0.3) is 10.8 Å². The van der Waals surface area contributed by atoms with E-state index in [-0.39, 0.29) is 0 Å². The first-order valence-electron chi connectivity index (χ1n) is 8.52. The van der Waals surface area contributed by atoms with Gasteiger partial charge in [-0.15, -0.1) is 0 Å². The number of ether oxygens (including phenoxy) is 1. The second kappa shape index (κ2) is 9.47. The minimum atomic E-state index is 0.825. The van der Waals surface area contributed by atoms with Crippen molar-refractivity contribution >= 4 is 10.8 Å². The molecule has 0 aliphatic heterocycles. The highest BCUT2D eigenvalue weighted by molar-refractivity contribution is 5.88. The predicted octanol–water partition coefficient (Wildman–Crippen LogP) is 5.12. The molecular formula is C20H29NO. The summed E-state index contributed by atoms with van der Waals surface area (Å²) in [6.45, 7) is 2.04. The Kier molecular flexibility index (Phi) is 7.24. The van der Waals surface area contributed by atoms with E-state index in [1.54, 1.807) is 0 Å². The Bertz CT molecular complexity index is 545. The van der Waals surface area contributed by atoms with Crippen molar-refractivity contribution in [1.82, 2.24) is 4.90 Å². The Labute approximate surface area is 135 Å². The highest BCUT2D eigenvalue weighted by Gasteiger charge is 2.00. The number of hydrogen-bond acceptors (Lipinski definition) is 2. The number of benzene rings is 2. The normalized spacial score (nSPS) is 11.2. The zero-order chi connectivity index (χ0) is 15.6. The molecule has 0 aromatic heterocycles. The molecule has 0 saturated carbocycles. The van der Waals surface area contributed by atoms with E-state index < -0.39 is 0 Å². The monoisotopic (exact) mass is 299 g/mol. The quantitative estimate of drug-likeness (QED) is 0.564. The molecule has 0 spiro atoms. The third kappa shape index (κ3) is 5.69. The van der Waals surface area contributed by atoms with Crippen LogP contribution < -0.4 is 4.74 Å². The molecule has 2 nitrogen and oxygen atoms in total. The molecule has 120 valence electrons. The molecule has 0 aliphatic carbocycles. The van der Waals surface area contributed by atoms with Gasteiger partial charge in [-0.25, -0.2) is 0 Å². The summed E-state index contributed by atoms with van der Waals surface area (Å²) >= 11 is 0. The molecule has 0 aliphatic rings. The number of fused-ring (bicyclic) bond motifs is 1. The molecule has 0 N–H and O–H groups in total. The Balaban J connectivity index is 1.60. The lowest BCUT2D eigenvalue weighted by molar-refractivity contribution is 0.307. The molecule has 0 saturated heterocycles. The van der Waals surface area contributed by atoms with Crippen molar-refractivity contribution in [2.75, 3.05) is 27.2 Å². The SMILES string of the molecule is CN(C)CCCCCCCCOc1cccc2ccccc12. The van der Waals surface area contributed by atoms with Gasteiger partial charge in [0.1, 0.15) is 5.75 Å². The highest BCUT2D eigenvalue weighted by atomic mass is 16.5. The van der Waals surface area contributed by atoms with Gasteiger partial charge in [-0.2, -0.15) is 0 Å². The summed E-state index contributed by atoms with van der Waals surface area (Å²) < 4.78 is 5.97. The summed E-state index contributed by atoms with van der Waals surface area (Å²) in [5.41, 5.74) is 0. The average molecular weight is 299 g/mol. The van der Waals surface area contributed by atoms with E-state index in [9.17, 15) is 0 Å². The van der Waals surface area contributed by atoms with Gasteiger partial charge >= 0.3 is 0 Å². The van der Waals surface area contributed by atoms with Gasteiger partial charge in [0.05, 0.1) is 6.61 Å². The van der Waals surface area contributed by atoms with Crippen molar-refractivity contribution in [2.24, 2.45) is 0 Å². The number of rotatable bonds is 10. The molecular weight excluding hydrogens is 270 g/mol. The molecule has 0 unspecified atom stereocenters. The molecule has 2 aromatic carbocycles. The van der Waals surface area contributed by atoms with E-state index in [4.69, 9.17) is 4.74 Å². The van der Waals surface area contributed by atoms with Gasteiger partial charge in [0.15, 0.2) is 0 Å². The van der Waals surface area contributed by atoms with E-state index in [1.165, 1.54) is 49.4 Å². The maximum absolute atomic E-state index is 5.97. The summed E-state index contributed by atoms with van der Waals surface area (Å²) in [5.74, 6) is 1.02. The summed E-state index contributed by atoms with van der Waals surface area (Å²) in [7, 11) is 4.29. The second-order valence-corrected chi connectivity index (χ2v) is 6.25. The van der Waals surface area contributed by atoms with Gasteiger partial charge in [0.25, 0.3) is 0 Å². The van der Waals surface area contributed by atoms with Gasteiger partial charge < -0.3 is 9.64 Å². The fourth-order valence-corrected chi connectivity index (χ4v) is 2.74. The zero-order valence-corrected chi connectivity index (χ0v) is 14.1. The van der Waals surface area contributed by atoms with Crippen molar-refractivity contribution in [3.05, 3.63) is 42.5 Å². The molecule has 0 bridgehead atoms. The Morgan fingerprint density at radius 3 is 2.27 bits per heavy atom. The molecule has 2 heteroatoms. The third-order valence-corrected chi connectivity index (χ3v) is 4.01. The minimum Gasteiger partial charge on any atom is -0.493 e. The Hall–Kier alpha value is -1.54. The lowest BCUT2D eigenvalue weighted by Gasteiger charge is -2.10. The molecule has 2 rings (SSSR count). The fourth-order valence-electron chi connectivity index (χ4n) is 2.74. The summed E-state index contributed by atoms with van der Waals surface area (Å²) in [4.78, 5) is 2.26. The predicted molar refractivity (Wildman–Crippen MR) is 95.7 cm³/mol. The van der Waals surface area contributed by atoms with E-state index in [0.29, 0.717) is 0 Å². The maximum Gasteiger partial charge on any atom is 0.127 e. The molecule has 22 heavy (non-hydrogen) atoms. The first-order valence-corrected chi connectivity index (χ1v) is 8.52. The standard InChI is InChI=1S/C20H29NO/c1-21(2)16-9-5-3-4-6-10-17-22-20-15-11-13-18-12-7-8-14-19(18)20/h7-8,11-15H,3-6,9-10,16-17H2,1-2H3. The molecule has 0 heterocycles. The molecule has 2 aromatic rings. The largest absolute Gasteiger partial charge is 0.493 e. The van der Waals surface area contributed by atoms with Crippen LogP contribution in [0.1, 0.15) is 38.5 Å². The van der Waals surface area contributed by atoms with Gasteiger partial charge in [-0.3, -0.25) is 0 Å². The Morgan fingerprint density at radius 1 is 0.773 bits per heavy atom. The van der Waals surface area contributed by atoms with Gasteiger partial charge in [0, 0.05) is 5.39 Å². The van der Waals surface area contributed by atoms with Crippen LogP contribution in [0.2, 0.25) is 0 Å². The molecule has 0 fully saturated rings. The fraction of sp³-hybridized carbons (Fsp3) is 0.500. The topological polar surface area (TPSA) is 12.5 Å². The lowest BCUT2D eigenvalue weighted by Crippen LogP contribution is -2.12. The highest BCUT2D eigenvalue weighted by Crippen LogP contribution is 2.25. The minimum absolute atomic E-state index is 0.825. The molecule has 0 amide bonds. The Morgan fingerprint density at radius 2 is 1.45 bits per heavy atom.